The summed E-state index contributed by atoms with van der Waals surface area (Å²) in [6.45, 7) is 4.45. The van der Waals surface area contributed by atoms with E-state index in [4.69, 9.17) is 10.8 Å². The Bertz CT molecular complexity index is 1660. The first kappa shape index (κ1) is 48.7. The topological polar surface area (TPSA) is 344 Å². The van der Waals surface area contributed by atoms with Crippen molar-refractivity contribution >= 4 is 65.1 Å². The van der Waals surface area contributed by atoms with Crippen LogP contribution >= 0.6 is 11.8 Å². The minimum atomic E-state index is -1.97. The number of carbonyl (C=O) groups is 9. The molecular formula is C36H53N7O14S. The van der Waals surface area contributed by atoms with E-state index >= 15 is 0 Å². The van der Waals surface area contributed by atoms with E-state index in [1.807, 2.05) is 11.6 Å². The number of rotatable bonds is 23. The third-order valence-corrected chi connectivity index (χ3v) is 9.76. The van der Waals surface area contributed by atoms with Gasteiger partial charge < -0.3 is 62.8 Å². The van der Waals surface area contributed by atoms with E-state index in [1.165, 1.54) is 61.7 Å². The summed E-state index contributed by atoms with van der Waals surface area (Å²) in [5.41, 5.74) is 6.48. The first-order valence-corrected chi connectivity index (χ1v) is 19.7. The van der Waals surface area contributed by atoms with Gasteiger partial charge in [0.05, 0.1) is 25.0 Å². The van der Waals surface area contributed by atoms with E-state index in [1.54, 1.807) is 0 Å². The van der Waals surface area contributed by atoms with Gasteiger partial charge >= 0.3 is 17.9 Å². The van der Waals surface area contributed by atoms with Gasteiger partial charge in [0.1, 0.15) is 42.0 Å². The summed E-state index contributed by atoms with van der Waals surface area (Å²) in [5.74, 6) is -10.7. The Balaban J connectivity index is 2.35. The Labute approximate surface area is 338 Å². The monoisotopic (exact) mass is 839 g/mol. The fourth-order valence-corrected chi connectivity index (χ4v) is 6.45. The lowest BCUT2D eigenvalue weighted by Gasteiger charge is -2.30. The molecule has 58 heavy (non-hydrogen) atoms. The zero-order valence-electron chi connectivity index (χ0n) is 32.5. The van der Waals surface area contributed by atoms with Gasteiger partial charge in [0.15, 0.2) is 0 Å². The molecule has 1 fully saturated rings. The van der Waals surface area contributed by atoms with Gasteiger partial charge in [-0.25, -0.2) is 4.79 Å². The van der Waals surface area contributed by atoms with Gasteiger partial charge in [0, 0.05) is 13.0 Å². The highest BCUT2D eigenvalue weighted by molar-refractivity contribution is 7.98. The van der Waals surface area contributed by atoms with E-state index in [9.17, 15) is 63.6 Å². The van der Waals surface area contributed by atoms with Crippen LogP contribution in [0.4, 0.5) is 0 Å². The molecule has 0 aliphatic carbocycles. The number of likely N-dealkylation sites (tertiary alicyclic amines) is 1. The zero-order valence-corrected chi connectivity index (χ0v) is 33.3. The molecule has 322 valence electrons. The van der Waals surface area contributed by atoms with Crippen molar-refractivity contribution in [1.29, 1.82) is 0 Å². The average molecular weight is 840 g/mol. The van der Waals surface area contributed by atoms with Gasteiger partial charge in [0.2, 0.25) is 35.4 Å². The minimum absolute atomic E-state index is 0.107. The predicted octanol–water partition coefficient (Wildman–Crippen LogP) is -2.50. The Morgan fingerprint density at radius 2 is 1.31 bits per heavy atom. The predicted molar refractivity (Wildman–Crippen MR) is 206 cm³/mol. The van der Waals surface area contributed by atoms with Crippen molar-refractivity contribution in [1.82, 2.24) is 31.5 Å². The molecule has 1 aromatic carbocycles. The van der Waals surface area contributed by atoms with Crippen LogP contribution in [0.5, 0.6) is 5.75 Å². The summed E-state index contributed by atoms with van der Waals surface area (Å²) in [5, 5.41) is 59.6. The number of amides is 6. The molecule has 0 radical (unpaired) electrons. The van der Waals surface area contributed by atoms with E-state index in [0.717, 1.165) is 0 Å². The van der Waals surface area contributed by atoms with Crippen LogP contribution in [0, 0.1) is 5.92 Å². The summed E-state index contributed by atoms with van der Waals surface area (Å²) < 4.78 is 0. The summed E-state index contributed by atoms with van der Waals surface area (Å²) >= 11 is 1.51. The number of aliphatic carboxylic acids is 3. The van der Waals surface area contributed by atoms with E-state index in [0.29, 0.717) is 24.2 Å². The maximum atomic E-state index is 13.9. The van der Waals surface area contributed by atoms with Crippen molar-refractivity contribution < 1.29 is 68.7 Å². The van der Waals surface area contributed by atoms with Gasteiger partial charge in [-0.3, -0.25) is 38.4 Å². The number of carbonyl (C=O) groups excluding carboxylic acids is 6. The summed E-state index contributed by atoms with van der Waals surface area (Å²) in [6, 6.07) is -4.86. The molecule has 1 heterocycles. The number of nitrogens with zero attached hydrogens (tertiary/aromatic N) is 1. The highest BCUT2D eigenvalue weighted by Crippen LogP contribution is 2.20. The second-order valence-corrected chi connectivity index (χ2v) is 15.1. The van der Waals surface area contributed by atoms with Crippen molar-refractivity contribution in [3.05, 3.63) is 29.8 Å². The quantitative estimate of drug-likeness (QED) is 0.0543. The van der Waals surface area contributed by atoms with Crippen LogP contribution in [0.25, 0.3) is 0 Å². The minimum Gasteiger partial charge on any atom is -0.508 e. The highest BCUT2D eigenvalue weighted by Gasteiger charge is 2.40. The van der Waals surface area contributed by atoms with Crippen LogP contribution in [0.2, 0.25) is 0 Å². The lowest BCUT2D eigenvalue weighted by atomic mass is 9.99. The van der Waals surface area contributed by atoms with Gasteiger partial charge in [-0.1, -0.05) is 26.0 Å². The number of aliphatic hydroxyl groups is 1. The third kappa shape index (κ3) is 15.1. The lowest BCUT2D eigenvalue weighted by Crippen LogP contribution is -2.62. The molecule has 6 amide bonds. The Kier molecular flexibility index (Phi) is 19.3. The van der Waals surface area contributed by atoms with Crippen LogP contribution in [-0.2, 0) is 49.6 Å². The molecule has 1 aliphatic rings. The number of aromatic hydroxyl groups is 1. The van der Waals surface area contributed by atoms with Crippen molar-refractivity contribution in [3.8, 4) is 5.75 Å². The van der Waals surface area contributed by atoms with Gasteiger partial charge in [0.25, 0.3) is 0 Å². The maximum Gasteiger partial charge on any atom is 0.326 e. The molecule has 2 rings (SSSR count). The molecular weight excluding hydrogens is 786 g/mol. The molecule has 0 unspecified atom stereocenters. The maximum absolute atomic E-state index is 13.9. The number of hydrogen-bond donors (Lipinski definition) is 11. The molecule has 0 bridgehead atoms. The molecule has 0 saturated carbocycles. The molecule has 1 aliphatic heterocycles. The smallest absolute Gasteiger partial charge is 0.326 e. The van der Waals surface area contributed by atoms with Gasteiger partial charge in [-0.15, -0.1) is 0 Å². The molecule has 22 heteroatoms. The van der Waals surface area contributed by atoms with Crippen molar-refractivity contribution in [2.45, 2.75) is 108 Å². The first-order chi connectivity index (χ1) is 27.2. The van der Waals surface area contributed by atoms with Crippen molar-refractivity contribution in [3.63, 3.8) is 0 Å². The fraction of sp³-hybridized carbons (Fsp3) is 0.583. The molecule has 12 N–H and O–H groups in total. The number of benzene rings is 1. The number of hydrogen-bond acceptors (Lipinski definition) is 13. The number of carboxylic acids is 3. The van der Waals surface area contributed by atoms with Crippen LogP contribution in [0.3, 0.4) is 0 Å². The third-order valence-electron chi connectivity index (χ3n) is 9.11. The van der Waals surface area contributed by atoms with E-state index < -0.39 is 121 Å². The number of carboxylic acid groups (broad SMARTS) is 3. The standard InChI is InChI=1S/C36H53N7O14S/c1-17(2)28(33(53)39-23(15-26(46)47)30(50)40-24(36(56)57)16-27(48)49)41-31(51)22(14-19-7-9-20(45)10-8-19)38-34(54)29(18(3)44)42-32(52)25-6-5-12-43(25)35(55)21(37)11-13-58-4/h7-10,17-18,21-25,28-29,44-45H,5-6,11-16,37H2,1-4H3,(H,38,54)(H,39,53)(H,40,50)(H,41,51)(H,42,52)(H,46,47)(H,48,49)(H,56,57)/t18-,21+,22+,23+,24+,25+,28+,29+/m1/s1. The number of thioether (sulfide) groups is 1. The number of nitrogens with one attached hydrogen (secondary N) is 5. The number of nitrogens with two attached hydrogens (primary N) is 1. The molecule has 1 saturated heterocycles. The first-order valence-electron chi connectivity index (χ1n) is 18.4. The zero-order chi connectivity index (χ0) is 43.9. The number of phenols is 1. The van der Waals surface area contributed by atoms with Crippen LogP contribution in [0.15, 0.2) is 24.3 Å². The Morgan fingerprint density at radius 1 is 0.776 bits per heavy atom. The molecule has 21 nitrogen and oxygen atoms in total. The second-order valence-electron chi connectivity index (χ2n) is 14.1. The lowest BCUT2D eigenvalue weighted by molar-refractivity contribution is -0.148. The summed E-state index contributed by atoms with van der Waals surface area (Å²) in [7, 11) is 0. The van der Waals surface area contributed by atoms with Crippen LogP contribution < -0.4 is 32.3 Å². The number of phenolic OH excluding ortho intramolecular Hbond substituents is 1. The van der Waals surface area contributed by atoms with Crippen LogP contribution in [-0.4, -0.2) is 151 Å². The Hall–Kier alpha value is -5.48. The molecule has 8 atom stereocenters. The van der Waals surface area contributed by atoms with Crippen molar-refractivity contribution in [2.75, 3.05) is 18.6 Å². The summed E-state index contributed by atoms with van der Waals surface area (Å²) in [6.07, 6.45) is -0.887. The Morgan fingerprint density at radius 3 is 1.84 bits per heavy atom. The second kappa shape index (κ2) is 23.1. The van der Waals surface area contributed by atoms with Crippen LogP contribution in [0.1, 0.15) is 58.4 Å². The molecule has 0 spiro atoms. The van der Waals surface area contributed by atoms with Gasteiger partial charge in [-0.2, -0.15) is 11.8 Å². The summed E-state index contributed by atoms with van der Waals surface area (Å²) in [4.78, 5) is 116. The fourth-order valence-electron chi connectivity index (χ4n) is 5.96. The van der Waals surface area contributed by atoms with Crippen molar-refractivity contribution in [2.24, 2.45) is 11.7 Å². The van der Waals surface area contributed by atoms with E-state index in [2.05, 4.69) is 21.3 Å². The SMILES string of the molecule is CSCC[C@H](N)C(=O)N1CCC[C@H]1C(=O)N[C@H](C(=O)N[C@@H](Cc1ccc(O)cc1)C(=O)N[C@H](C(=O)N[C@@H](CC(=O)O)C(=O)N[C@@H](CC(=O)O)C(=O)O)C(C)C)[C@@H](C)O. The highest BCUT2D eigenvalue weighted by atomic mass is 32.2. The number of aliphatic hydroxyl groups excluding tert-OH is 1. The molecule has 1 aromatic rings. The van der Waals surface area contributed by atoms with E-state index in [-0.39, 0.29) is 25.1 Å². The molecule has 0 aromatic heterocycles. The van der Waals surface area contributed by atoms with Gasteiger partial charge in [-0.05, 0) is 61.8 Å². The normalized spacial score (nSPS) is 17.4. The largest absolute Gasteiger partial charge is 0.508 e. The average Bonchev–Trinajstić information content (AvgIpc) is 3.64.